The quantitative estimate of drug-likeness (QED) is 0.528. The van der Waals surface area contributed by atoms with Gasteiger partial charge in [0.2, 0.25) is 0 Å². The molecule has 0 spiro atoms. The molecule has 0 aromatic heterocycles. The van der Waals surface area contributed by atoms with E-state index in [-0.39, 0.29) is 34.9 Å². The molecular weight excluding hydrogens is 332 g/mol. The average molecular weight is 364 g/mol. The highest BCUT2D eigenvalue weighted by Crippen LogP contribution is 2.67. The van der Waals surface area contributed by atoms with Crippen molar-refractivity contribution in [3.05, 3.63) is 12.2 Å². The maximum Gasteiger partial charge on any atom is 0.161 e. The van der Waals surface area contributed by atoms with Gasteiger partial charge in [0.05, 0.1) is 18.3 Å². The Balaban J connectivity index is 1.77. The maximum atomic E-state index is 12.3. The number of aliphatic hydroxyl groups excluding tert-OH is 3. The van der Waals surface area contributed by atoms with E-state index in [0.29, 0.717) is 19.3 Å². The molecule has 3 saturated carbocycles. The van der Waals surface area contributed by atoms with Gasteiger partial charge in [-0.05, 0) is 68.1 Å². The molecule has 4 unspecified atom stereocenters. The molecule has 4 aliphatic carbocycles. The van der Waals surface area contributed by atoms with Crippen LogP contribution in [0.4, 0.5) is 0 Å². The molecule has 0 heterocycles. The number of aliphatic hydroxyl groups is 4. The Labute approximate surface area is 155 Å². The van der Waals surface area contributed by atoms with Crippen LogP contribution in [0.1, 0.15) is 52.9 Å². The molecule has 146 valence electrons. The predicted octanol–water partition coefficient (Wildman–Crippen LogP) is 1.43. The highest BCUT2D eigenvalue weighted by molar-refractivity contribution is 5.86. The molecule has 26 heavy (non-hydrogen) atoms. The summed E-state index contributed by atoms with van der Waals surface area (Å²) in [5.41, 5.74) is -2.16. The van der Waals surface area contributed by atoms with Gasteiger partial charge in [0.15, 0.2) is 5.78 Å². The number of allylic oxidation sites excluding steroid dienone is 1. The molecule has 0 radical (unpaired) electrons. The zero-order chi connectivity index (χ0) is 19.1. The summed E-state index contributed by atoms with van der Waals surface area (Å²) in [5.74, 6) is -0.300. The molecule has 0 aromatic rings. The zero-order valence-electron chi connectivity index (χ0n) is 15.9. The number of fused-ring (bicyclic) bond motifs is 5. The van der Waals surface area contributed by atoms with E-state index in [1.165, 1.54) is 6.92 Å². The van der Waals surface area contributed by atoms with Crippen LogP contribution in [-0.4, -0.2) is 50.1 Å². The molecule has 4 rings (SSSR count). The minimum Gasteiger partial charge on any atom is -0.390 e. The SMILES string of the molecule is CC(=O)[C@@]1(O)CC[C@H]2[C@@H]3C(O)C(O)C4CC(O)C=C[C@]4(C)[C@H]3CC[C@@]21C. The molecule has 0 saturated heterocycles. The van der Waals surface area contributed by atoms with E-state index in [0.717, 1.165) is 12.8 Å². The first-order valence-corrected chi connectivity index (χ1v) is 10.0. The second-order valence-electron chi connectivity index (χ2n) is 9.82. The predicted molar refractivity (Wildman–Crippen MR) is 96.1 cm³/mol. The van der Waals surface area contributed by atoms with Gasteiger partial charge in [-0.15, -0.1) is 0 Å². The minimum absolute atomic E-state index is 0.0119. The summed E-state index contributed by atoms with van der Waals surface area (Å²) in [4.78, 5) is 12.3. The summed E-state index contributed by atoms with van der Waals surface area (Å²) in [6, 6.07) is 0. The molecule has 5 nitrogen and oxygen atoms in total. The highest BCUT2D eigenvalue weighted by atomic mass is 16.3. The van der Waals surface area contributed by atoms with Gasteiger partial charge in [-0.25, -0.2) is 0 Å². The first kappa shape index (κ1) is 18.6. The van der Waals surface area contributed by atoms with Gasteiger partial charge in [-0.1, -0.05) is 26.0 Å². The van der Waals surface area contributed by atoms with Crippen LogP contribution in [-0.2, 0) is 4.79 Å². The van der Waals surface area contributed by atoms with Gasteiger partial charge in [0.1, 0.15) is 5.60 Å². The zero-order valence-corrected chi connectivity index (χ0v) is 15.9. The standard InChI is InChI=1S/C21H32O5/c1-11(22)21(26)9-6-14-16-13(5-8-20(14,21)3)19(2)7-4-12(23)10-15(19)17(24)18(16)25/h4,7,12-18,23-26H,5-6,8-10H2,1-3H3/t12?,13-,14-,15?,16+,17?,18?,19+,20-,21-/m0/s1. The fourth-order valence-corrected chi connectivity index (χ4v) is 7.40. The number of rotatable bonds is 1. The third kappa shape index (κ3) is 2.09. The number of carbonyl (C=O) groups is 1. The molecule has 4 N–H and O–H groups in total. The fourth-order valence-electron chi connectivity index (χ4n) is 7.40. The third-order valence-electron chi connectivity index (χ3n) is 8.99. The maximum absolute atomic E-state index is 12.3. The summed E-state index contributed by atoms with van der Waals surface area (Å²) in [6.07, 6.45) is 4.68. The van der Waals surface area contributed by atoms with Crippen molar-refractivity contribution in [1.29, 1.82) is 0 Å². The van der Waals surface area contributed by atoms with E-state index in [4.69, 9.17) is 0 Å². The van der Waals surface area contributed by atoms with E-state index in [9.17, 15) is 25.2 Å². The molecule has 3 fully saturated rings. The van der Waals surface area contributed by atoms with Gasteiger partial charge in [-0.2, -0.15) is 0 Å². The van der Waals surface area contributed by atoms with E-state index < -0.39 is 29.3 Å². The van der Waals surface area contributed by atoms with Crippen LogP contribution < -0.4 is 0 Å². The third-order valence-corrected chi connectivity index (χ3v) is 8.99. The Morgan fingerprint density at radius 1 is 1.00 bits per heavy atom. The normalized spacial score (nSPS) is 58.7. The van der Waals surface area contributed by atoms with Crippen LogP contribution in [0, 0.1) is 34.5 Å². The molecular formula is C21H32O5. The minimum atomic E-state index is -1.33. The van der Waals surface area contributed by atoms with Crippen molar-refractivity contribution in [3.63, 3.8) is 0 Å². The van der Waals surface area contributed by atoms with Crippen LogP contribution in [0.15, 0.2) is 12.2 Å². The number of hydrogen-bond acceptors (Lipinski definition) is 5. The summed E-state index contributed by atoms with van der Waals surface area (Å²) >= 11 is 0. The van der Waals surface area contributed by atoms with Crippen LogP contribution in [0.5, 0.6) is 0 Å². The first-order valence-electron chi connectivity index (χ1n) is 10.0. The lowest BCUT2D eigenvalue weighted by Gasteiger charge is -2.62. The van der Waals surface area contributed by atoms with Crippen LogP contribution in [0.2, 0.25) is 0 Å². The topological polar surface area (TPSA) is 98.0 Å². The lowest BCUT2D eigenvalue weighted by molar-refractivity contribution is -0.210. The van der Waals surface area contributed by atoms with Crippen molar-refractivity contribution < 1.29 is 25.2 Å². The van der Waals surface area contributed by atoms with Crippen LogP contribution in [0.3, 0.4) is 0 Å². The second kappa shape index (κ2) is 5.63. The van der Waals surface area contributed by atoms with E-state index in [2.05, 4.69) is 6.92 Å². The van der Waals surface area contributed by atoms with Crippen LogP contribution in [0.25, 0.3) is 0 Å². The average Bonchev–Trinajstić information content (AvgIpc) is 2.87. The summed E-state index contributed by atoms with van der Waals surface area (Å²) < 4.78 is 0. The van der Waals surface area contributed by atoms with Gasteiger partial charge in [-0.3, -0.25) is 4.79 Å². The highest BCUT2D eigenvalue weighted by Gasteiger charge is 2.68. The monoisotopic (exact) mass is 364 g/mol. The van der Waals surface area contributed by atoms with Gasteiger partial charge < -0.3 is 20.4 Å². The molecule has 5 heteroatoms. The van der Waals surface area contributed by atoms with Gasteiger partial charge >= 0.3 is 0 Å². The Bertz CT molecular complexity index is 646. The number of Topliss-reactive ketones (excluding diaryl/α,β-unsaturated/α-hetero) is 1. The van der Waals surface area contributed by atoms with Crippen molar-refractivity contribution >= 4 is 5.78 Å². The molecule has 0 bridgehead atoms. The summed E-state index contributed by atoms with van der Waals surface area (Å²) in [5, 5.41) is 43.2. The Kier molecular flexibility index (Phi) is 4.03. The molecule has 0 aliphatic heterocycles. The lowest BCUT2D eigenvalue weighted by atomic mass is 9.44. The number of ketones is 1. The molecule has 10 atom stereocenters. The molecule has 4 aliphatic rings. The second-order valence-corrected chi connectivity index (χ2v) is 9.82. The lowest BCUT2D eigenvalue weighted by Crippen LogP contribution is -2.65. The summed E-state index contributed by atoms with van der Waals surface area (Å²) in [7, 11) is 0. The number of carbonyl (C=O) groups excluding carboxylic acids is 1. The van der Waals surface area contributed by atoms with Crippen molar-refractivity contribution in [3.8, 4) is 0 Å². The smallest absolute Gasteiger partial charge is 0.161 e. The number of hydrogen-bond donors (Lipinski definition) is 4. The van der Waals surface area contributed by atoms with Crippen molar-refractivity contribution in [2.75, 3.05) is 0 Å². The first-order chi connectivity index (χ1) is 12.1. The van der Waals surface area contributed by atoms with Gasteiger partial charge in [0, 0.05) is 5.41 Å². The van der Waals surface area contributed by atoms with Crippen LogP contribution >= 0.6 is 0 Å². The fraction of sp³-hybridized carbons (Fsp3) is 0.857. The Morgan fingerprint density at radius 2 is 1.65 bits per heavy atom. The van der Waals surface area contributed by atoms with Crippen molar-refractivity contribution in [2.45, 2.75) is 76.8 Å². The molecule has 0 aromatic carbocycles. The molecule has 0 amide bonds. The van der Waals surface area contributed by atoms with E-state index in [1.807, 2.05) is 19.1 Å². The Morgan fingerprint density at radius 3 is 2.31 bits per heavy atom. The Hall–Kier alpha value is -0.750. The largest absolute Gasteiger partial charge is 0.390 e. The van der Waals surface area contributed by atoms with Gasteiger partial charge in [0.25, 0.3) is 0 Å². The van der Waals surface area contributed by atoms with Crippen molar-refractivity contribution in [2.24, 2.45) is 34.5 Å². The summed E-state index contributed by atoms with van der Waals surface area (Å²) in [6.45, 7) is 5.60. The van der Waals surface area contributed by atoms with E-state index in [1.54, 1.807) is 0 Å². The van der Waals surface area contributed by atoms with Crippen molar-refractivity contribution in [1.82, 2.24) is 0 Å². The van der Waals surface area contributed by atoms with E-state index >= 15 is 0 Å².